The number of methoxy groups -OCH3 is 1. The minimum Gasteiger partial charge on any atom is -0.481 e. The quantitative estimate of drug-likeness (QED) is 0.464. The summed E-state index contributed by atoms with van der Waals surface area (Å²) in [7, 11) is 1.56. The molecule has 0 saturated heterocycles. The maximum atomic E-state index is 6.50. The van der Waals surface area contributed by atoms with Crippen molar-refractivity contribution in [2.24, 2.45) is 5.10 Å². The number of hydrogen-bond acceptors (Lipinski definition) is 8. The number of aromatic nitrogens is 5. The standard InChI is InChI=1S/C23H18ClN7O2/c1-32-21-14-16(10-13-26-21)23-30-28-20(33-23)7-6-19-27-29-22(15-8-11-25-12-9-15)31(19)18-5-3-2-4-17(18)24/h2-14,23,30H,1H3/b7-6+. The predicted octanol–water partition coefficient (Wildman–Crippen LogP) is 4.03. The molecule has 0 aliphatic carbocycles. The van der Waals surface area contributed by atoms with E-state index in [0.29, 0.717) is 28.4 Å². The molecule has 1 N–H and O–H groups in total. The van der Waals surface area contributed by atoms with Crippen molar-refractivity contribution in [3.8, 4) is 23.0 Å². The van der Waals surface area contributed by atoms with Gasteiger partial charge in [-0.05, 0) is 36.4 Å². The summed E-state index contributed by atoms with van der Waals surface area (Å²) in [5, 5.41) is 13.6. The highest BCUT2D eigenvalue weighted by Gasteiger charge is 2.21. The van der Waals surface area contributed by atoms with Gasteiger partial charge in [-0.3, -0.25) is 15.0 Å². The van der Waals surface area contributed by atoms with Gasteiger partial charge in [0.15, 0.2) is 11.6 Å². The van der Waals surface area contributed by atoms with Crippen LogP contribution >= 0.6 is 11.6 Å². The van der Waals surface area contributed by atoms with Gasteiger partial charge in [-0.1, -0.05) is 23.7 Å². The Bertz CT molecular complexity index is 1340. The lowest BCUT2D eigenvalue weighted by molar-refractivity contribution is 0.192. The molecule has 33 heavy (non-hydrogen) atoms. The largest absolute Gasteiger partial charge is 0.481 e. The second kappa shape index (κ2) is 9.09. The SMILES string of the molecule is COc1cc(C2NN=C(/C=C/c3nnc(-c4ccncc4)n3-c3ccccc3Cl)O2)ccn1. The van der Waals surface area contributed by atoms with Crippen molar-refractivity contribution in [2.75, 3.05) is 7.11 Å². The van der Waals surface area contributed by atoms with Gasteiger partial charge in [0.1, 0.15) is 0 Å². The average Bonchev–Trinajstić information content (AvgIpc) is 3.51. The van der Waals surface area contributed by atoms with E-state index < -0.39 is 6.23 Å². The number of pyridine rings is 2. The average molecular weight is 460 g/mol. The molecule has 5 rings (SSSR count). The van der Waals surface area contributed by atoms with Crippen molar-refractivity contribution in [1.29, 1.82) is 0 Å². The van der Waals surface area contributed by atoms with Crippen LogP contribution in [0.3, 0.4) is 0 Å². The maximum Gasteiger partial charge on any atom is 0.233 e. The first-order chi connectivity index (χ1) is 16.2. The van der Waals surface area contributed by atoms with Gasteiger partial charge in [0.25, 0.3) is 0 Å². The van der Waals surface area contributed by atoms with Crippen LogP contribution in [0.25, 0.3) is 23.2 Å². The Morgan fingerprint density at radius 3 is 2.73 bits per heavy atom. The summed E-state index contributed by atoms with van der Waals surface area (Å²) in [5.74, 6) is 2.10. The number of nitrogens with zero attached hydrogens (tertiary/aromatic N) is 6. The van der Waals surface area contributed by atoms with Crippen LogP contribution in [0.4, 0.5) is 0 Å². The Morgan fingerprint density at radius 1 is 1.06 bits per heavy atom. The van der Waals surface area contributed by atoms with Crippen molar-refractivity contribution in [1.82, 2.24) is 30.2 Å². The summed E-state index contributed by atoms with van der Waals surface area (Å²) in [5.41, 5.74) is 5.41. The van der Waals surface area contributed by atoms with Gasteiger partial charge in [0, 0.05) is 41.9 Å². The first kappa shape index (κ1) is 20.7. The molecule has 0 fully saturated rings. The molecule has 0 saturated carbocycles. The summed E-state index contributed by atoms with van der Waals surface area (Å²) in [4.78, 5) is 8.19. The van der Waals surface area contributed by atoms with Crippen LogP contribution in [0.5, 0.6) is 5.88 Å². The molecule has 1 aliphatic rings. The number of benzene rings is 1. The third-order valence-electron chi connectivity index (χ3n) is 4.90. The second-order valence-electron chi connectivity index (χ2n) is 6.95. The Labute approximate surface area is 194 Å². The number of halogens is 1. The minimum absolute atomic E-state index is 0.398. The van der Waals surface area contributed by atoms with Crippen molar-refractivity contribution in [3.05, 3.63) is 89.6 Å². The number of hydrazone groups is 1. The maximum absolute atomic E-state index is 6.50. The molecule has 1 unspecified atom stereocenters. The van der Waals surface area contributed by atoms with Crippen LogP contribution in [0.15, 0.2) is 78.3 Å². The second-order valence-corrected chi connectivity index (χ2v) is 7.35. The van der Waals surface area contributed by atoms with Gasteiger partial charge < -0.3 is 9.47 Å². The lowest BCUT2D eigenvalue weighted by Crippen LogP contribution is -2.12. The van der Waals surface area contributed by atoms with E-state index in [0.717, 1.165) is 16.8 Å². The lowest BCUT2D eigenvalue weighted by Gasteiger charge is -2.11. The van der Waals surface area contributed by atoms with Crippen molar-refractivity contribution in [2.45, 2.75) is 6.23 Å². The smallest absolute Gasteiger partial charge is 0.233 e. The molecule has 0 spiro atoms. The Hall–Kier alpha value is -4.24. The molecule has 4 aromatic rings. The van der Waals surface area contributed by atoms with Gasteiger partial charge in [-0.25, -0.2) is 4.98 Å². The van der Waals surface area contributed by atoms with E-state index in [1.807, 2.05) is 47.0 Å². The summed E-state index contributed by atoms with van der Waals surface area (Å²) in [6.45, 7) is 0. The summed E-state index contributed by atoms with van der Waals surface area (Å²) >= 11 is 6.50. The minimum atomic E-state index is -0.449. The van der Waals surface area contributed by atoms with Gasteiger partial charge >= 0.3 is 0 Å². The molecule has 164 valence electrons. The fourth-order valence-electron chi connectivity index (χ4n) is 3.32. The molecule has 9 nitrogen and oxygen atoms in total. The number of ether oxygens (including phenoxy) is 2. The first-order valence-electron chi connectivity index (χ1n) is 10.0. The monoisotopic (exact) mass is 459 g/mol. The fraction of sp³-hybridized carbons (Fsp3) is 0.0870. The fourth-order valence-corrected chi connectivity index (χ4v) is 3.54. The number of rotatable bonds is 6. The van der Waals surface area contributed by atoms with E-state index in [1.165, 1.54) is 0 Å². The normalized spacial score (nSPS) is 15.2. The zero-order valence-corrected chi connectivity index (χ0v) is 18.2. The van der Waals surface area contributed by atoms with E-state index in [1.54, 1.807) is 43.9 Å². The predicted molar refractivity (Wildman–Crippen MR) is 124 cm³/mol. The third kappa shape index (κ3) is 4.26. The van der Waals surface area contributed by atoms with Crippen LogP contribution in [-0.2, 0) is 4.74 Å². The van der Waals surface area contributed by atoms with Crippen LogP contribution in [0.1, 0.15) is 17.6 Å². The third-order valence-corrected chi connectivity index (χ3v) is 5.22. The molecule has 3 aromatic heterocycles. The Kier molecular flexibility index (Phi) is 5.69. The highest BCUT2D eigenvalue weighted by molar-refractivity contribution is 6.32. The number of hydrogen-bond donors (Lipinski definition) is 1. The van der Waals surface area contributed by atoms with E-state index in [9.17, 15) is 0 Å². The van der Waals surface area contributed by atoms with E-state index in [2.05, 4.69) is 30.7 Å². The molecule has 10 heteroatoms. The first-order valence-corrected chi connectivity index (χ1v) is 10.4. The highest BCUT2D eigenvalue weighted by atomic mass is 35.5. The topological polar surface area (TPSA) is 99.3 Å². The summed E-state index contributed by atoms with van der Waals surface area (Å²) < 4.78 is 13.0. The Balaban J connectivity index is 1.44. The molecule has 0 radical (unpaired) electrons. The number of nitrogens with one attached hydrogen (secondary N) is 1. The lowest BCUT2D eigenvalue weighted by atomic mass is 10.2. The van der Waals surface area contributed by atoms with Gasteiger partial charge in [-0.15, -0.1) is 15.3 Å². The van der Waals surface area contributed by atoms with Crippen molar-refractivity contribution in [3.63, 3.8) is 0 Å². The van der Waals surface area contributed by atoms with Crippen LogP contribution in [0, 0.1) is 0 Å². The van der Waals surface area contributed by atoms with Crippen LogP contribution < -0.4 is 10.2 Å². The molecule has 1 aromatic carbocycles. The van der Waals surface area contributed by atoms with Crippen molar-refractivity contribution >= 4 is 23.6 Å². The zero-order chi connectivity index (χ0) is 22.6. The Morgan fingerprint density at radius 2 is 1.91 bits per heavy atom. The highest BCUT2D eigenvalue weighted by Crippen LogP contribution is 2.28. The summed E-state index contributed by atoms with van der Waals surface area (Å²) in [6.07, 6.45) is 8.11. The molecular formula is C23H18ClN7O2. The van der Waals surface area contributed by atoms with E-state index in [4.69, 9.17) is 21.1 Å². The van der Waals surface area contributed by atoms with Crippen LogP contribution in [-0.4, -0.2) is 37.7 Å². The molecular weight excluding hydrogens is 442 g/mol. The van der Waals surface area contributed by atoms with Crippen molar-refractivity contribution < 1.29 is 9.47 Å². The molecule has 0 amide bonds. The van der Waals surface area contributed by atoms with E-state index >= 15 is 0 Å². The van der Waals surface area contributed by atoms with Gasteiger partial charge in [0.2, 0.25) is 18.0 Å². The van der Waals surface area contributed by atoms with Gasteiger partial charge in [0.05, 0.1) is 17.8 Å². The van der Waals surface area contributed by atoms with E-state index in [-0.39, 0.29) is 0 Å². The number of para-hydroxylation sites is 1. The molecule has 4 heterocycles. The molecule has 0 bridgehead atoms. The summed E-state index contributed by atoms with van der Waals surface area (Å²) in [6, 6.07) is 14.9. The zero-order valence-electron chi connectivity index (χ0n) is 17.5. The van der Waals surface area contributed by atoms with Crippen LogP contribution in [0.2, 0.25) is 5.02 Å². The molecule has 1 atom stereocenters. The van der Waals surface area contributed by atoms with Gasteiger partial charge in [-0.2, -0.15) is 0 Å². The molecule has 1 aliphatic heterocycles.